The standard InChI is InChI=1S/C8H14FNO4/c1-3-5(8(12)13)10-7(11)6(9)14-4-2/h5-6H,3-4H2,1-2H3,(H,10,11)(H,12,13). The van der Waals surface area contributed by atoms with Gasteiger partial charge in [0, 0.05) is 6.61 Å². The molecule has 1 amide bonds. The summed E-state index contributed by atoms with van der Waals surface area (Å²) in [6, 6.07) is -1.07. The summed E-state index contributed by atoms with van der Waals surface area (Å²) in [5.74, 6) is -2.24. The number of amides is 1. The molecule has 0 aromatic heterocycles. The van der Waals surface area contributed by atoms with Crippen molar-refractivity contribution in [2.45, 2.75) is 32.7 Å². The van der Waals surface area contributed by atoms with E-state index in [4.69, 9.17) is 5.11 Å². The molecule has 0 spiro atoms. The Morgan fingerprint density at radius 3 is 2.43 bits per heavy atom. The summed E-state index contributed by atoms with van der Waals surface area (Å²) in [6.07, 6.45) is -1.91. The van der Waals surface area contributed by atoms with Crippen LogP contribution in [0.25, 0.3) is 0 Å². The molecule has 2 N–H and O–H groups in total. The molecule has 0 aromatic carbocycles. The monoisotopic (exact) mass is 207 g/mol. The summed E-state index contributed by atoms with van der Waals surface area (Å²) in [6.45, 7) is 3.17. The lowest BCUT2D eigenvalue weighted by molar-refractivity contribution is -0.150. The number of halogens is 1. The number of ether oxygens (including phenoxy) is 1. The number of nitrogens with one attached hydrogen (secondary N) is 1. The number of hydrogen-bond donors (Lipinski definition) is 2. The molecule has 0 radical (unpaired) electrons. The average molecular weight is 207 g/mol. The summed E-state index contributed by atoms with van der Waals surface area (Å²) in [4.78, 5) is 21.4. The molecule has 0 heterocycles. The first-order valence-electron chi connectivity index (χ1n) is 4.31. The van der Waals surface area contributed by atoms with Crippen molar-refractivity contribution in [2.75, 3.05) is 6.61 Å². The van der Waals surface area contributed by atoms with Crippen molar-refractivity contribution in [3.8, 4) is 0 Å². The molecule has 0 aliphatic heterocycles. The average Bonchev–Trinajstić information content (AvgIpc) is 2.13. The third-order valence-corrected chi connectivity index (χ3v) is 1.54. The summed E-state index contributed by atoms with van der Waals surface area (Å²) >= 11 is 0. The predicted molar refractivity (Wildman–Crippen MR) is 46.4 cm³/mol. The lowest BCUT2D eigenvalue weighted by Crippen LogP contribution is -2.44. The van der Waals surface area contributed by atoms with Crippen molar-refractivity contribution < 1.29 is 23.8 Å². The molecule has 0 saturated carbocycles. The van der Waals surface area contributed by atoms with E-state index >= 15 is 0 Å². The third-order valence-electron chi connectivity index (χ3n) is 1.54. The van der Waals surface area contributed by atoms with Crippen molar-refractivity contribution in [1.82, 2.24) is 5.32 Å². The van der Waals surface area contributed by atoms with E-state index in [0.29, 0.717) is 0 Å². The van der Waals surface area contributed by atoms with E-state index in [2.05, 4.69) is 4.74 Å². The minimum Gasteiger partial charge on any atom is -0.480 e. The van der Waals surface area contributed by atoms with Gasteiger partial charge >= 0.3 is 5.97 Å². The molecule has 0 aliphatic rings. The van der Waals surface area contributed by atoms with Crippen LogP contribution in [0, 0.1) is 0 Å². The Hall–Kier alpha value is -1.17. The van der Waals surface area contributed by atoms with Gasteiger partial charge in [-0.05, 0) is 13.3 Å². The van der Waals surface area contributed by atoms with E-state index in [-0.39, 0.29) is 13.0 Å². The fraction of sp³-hybridized carbons (Fsp3) is 0.750. The van der Waals surface area contributed by atoms with Gasteiger partial charge in [0.15, 0.2) is 0 Å². The highest BCUT2D eigenvalue weighted by atomic mass is 19.1. The fourth-order valence-electron chi connectivity index (χ4n) is 0.798. The van der Waals surface area contributed by atoms with Crippen LogP contribution in [0.2, 0.25) is 0 Å². The normalized spacial score (nSPS) is 14.5. The lowest BCUT2D eigenvalue weighted by Gasteiger charge is -2.14. The van der Waals surface area contributed by atoms with Gasteiger partial charge in [0.05, 0.1) is 0 Å². The van der Waals surface area contributed by atoms with Gasteiger partial charge in [0.1, 0.15) is 6.04 Å². The van der Waals surface area contributed by atoms with Crippen LogP contribution in [0.1, 0.15) is 20.3 Å². The molecule has 0 fully saturated rings. The van der Waals surface area contributed by atoms with Gasteiger partial charge < -0.3 is 15.2 Å². The highest BCUT2D eigenvalue weighted by Gasteiger charge is 2.23. The van der Waals surface area contributed by atoms with Crippen molar-refractivity contribution in [1.29, 1.82) is 0 Å². The Morgan fingerprint density at radius 2 is 2.07 bits per heavy atom. The number of alkyl halides is 1. The molecule has 2 atom stereocenters. The largest absolute Gasteiger partial charge is 0.480 e. The SMILES string of the molecule is CCOC(F)C(=O)NC(CC)C(=O)O. The zero-order valence-electron chi connectivity index (χ0n) is 8.12. The molecule has 6 heteroatoms. The van der Waals surface area contributed by atoms with Gasteiger partial charge in [-0.25, -0.2) is 9.18 Å². The summed E-state index contributed by atoms with van der Waals surface area (Å²) in [7, 11) is 0. The number of carboxylic acid groups (broad SMARTS) is 1. The highest BCUT2D eigenvalue weighted by molar-refractivity contribution is 5.85. The molecule has 14 heavy (non-hydrogen) atoms. The van der Waals surface area contributed by atoms with Crippen LogP contribution in [0.15, 0.2) is 0 Å². The van der Waals surface area contributed by atoms with Gasteiger partial charge in [-0.2, -0.15) is 0 Å². The molecular weight excluding hydrogens is 193 g/mol. The molecule has 0 rings (SSSR count). The van der Waals surface area contributed by atoms with Gasteiger partial charge in [-0.1, -0.05) is 6.92 Å². The topological polar surface area (TPSA) is 75.6 Å². The van der Waals surface area contributed by atoms with Crippen molar-refractivity contribution >= 4 is 11.9 Å². The first kappa shape index (κ1) is 12.8. The Balaban J connectivity index is 4.08. The van der Waals surface area contributed by atoms with Crippen LogP contribution in [-0.2, 0) is 14.3 Å². The second-order valence-corrected chi connectivity index (χ2v) is 2.58. The van der Waals surface area contributed by atoms with Crippen molar-refractivity contribution in [3.05, 3.63) is 0 Å². The molecule has 2 unspecified atom stereocenters. The van der Waals surface area contributed by atoms with Gasteiger partial charge in [0.25, 0.3) is 12.3 Å². The van der Waals surface area contributed by atoms with E-state index in [1.807, 2.05) is 5.32 Å². The number of carboxylic acids is 1. The Bertz CT molecular complexity index is 210. The third kappa shape index (κ3) is 4.18. The minimum absolute atomic E-state index is 0.0540. The number of hydrogen-bond acceptors (Lipinski definition) is 3. The van der Waals surface area contributed by atoms with Crippen LogP contribution in [0.3, 0.4) is 0 Å². The molecule has 5 nitrogen and oxygen atoms in total. The van der Waals surface area contributed by atoms with Crippen LogP contribution < -0.4 is 5.32 Å². The van der Waals surface area contributed by atoms with E-state index in [1.165, 1.54) is 6.92 Å². The van der Waals surface area contributed by atoms with Crippen molar-refractivity contribution in [3.63, 3.8) is 0 Å². The van der Waals surface area contributed by atoms with Gasteiger partial charge in [-0.3, -0.25) is 4.79 Å². The minimum atomic E-state index is -2.10. The Labute approximate surface area is 81.2 Å². The number of carbonyl (C=O) groups is 2. The second-order valence-electron chi connectivity index (χ2n) is 2.58. The van der Waals surface area contributed by atoms with E-state index in [1.54, 1.807) is 6.92 Å². The van der Waals surface area contributed by atoms with E-state index in [9.17, 15) is 14.0 Å². The molecule has 0 aliphatic carbocycles. The van der Waals surface area contributed by atoms with Gasteiger partial charge in [0.2, 0.25) is 0 Å². The molecule has 0 aromatic rings. The molecule has 0 bridgehead atoms. The zero-order chi connectivity index (χ0) is 11.1. The maximum Gasteiger partial charge on any atom is 0.326 e. The van der Waals surface area contributed by atoms with E-state index in [0.717, 1.165) is 0 Å². The smallest absolute Gasteiger partial charge is 0.326 e. The fourth-order valence-corrected chi connectivity index (χ4v) is 0.798. The maximum atomic E-state index is 12.7. The van der Waals surface area contributed by atoms with Crippen LogP contribution in [0.5, 0.6) is 0 Å². The number of rotatable bonds is 6. The summed E-state index contributed by atoms with van der Waals surface area (Å²) in [5, 5.41) is 10.6. The summed E-state index contributed by atoms with van der Waals surface area (Å²) < 4.78 is 17.1. The predicted octanol–water partition coefficient (Wildman–Crippen LogP) is 0.298. The lowest BCUT2D eigenvalue weighted by atomic mass is 10.2. The van der Waals surface area contributed by atoms with Gasteiger partial charge in [-0.15, -0.1) is 0 Å². The Kier molecular flexibility index (Phi) is 5.78. The molecule has 0 saturated heterocycles. The maximum absolute atomic E-state index is 12.7. The van der Waals surface area contributed by atoms with Crippen LogP contribution >= 0.6 is 0 Å². The summed E-state index contributed by atoms with van der Waals surface area (Å²) in [5.41, 5.74) is 0. The quantitative estimate of drug-likeness (QED) is 0.656. The van der Waals surface area contributed by atoms with Crippen LogP contribution in [-0.4, -0.2) is 36.0 Å². The number of aliphatic carboxylic acids is 1. The highest BCUT2D eigenvalue weighted by Crippen LogP contribution is 1.97. The van der Waals surface area contributed by atoms with Crippen LogP contribution in [0.4, 0.5) is 4.39 Å². The Morgan fingerprint density at radius 1 is 1.50 bits per heavy atom. The first-order valence-corrected chi connectivity index (χ1v) is 4.31. The zero-order valence-corrected chi connectivity index (χ0v) is 8.12. The molecular formula is C8H14FNO4. The first-order chi connectivity index (χ1) is 6.52. The van der Waals surface area contributed by atoms with Crippen molar-refractivity contribution in [2.24, 2.45) is 0 Å². The molecule has 82 valence electrons. The number of carbonyl (C=O) groups excluding carboxylic acids is 1. The van der Waals surface area contributed by atoms with E-state index < -0.39 is 24.3 Å². The second kappa shape index (κ2) is 6.31.